The SMILES string of the molecule is Cc1cccc(NS(=O)(=O)CC(C)(C)C)c1C(=N)N. The topological polar surface area (TPSA) is 96.0 Å². The third-order valence-corrected chi connectivity index (χ3v) is 4.21. The lowest BCUT2D eigenvalue weighted by molar-refractivity contribution is 0.463. The minimum absolute atomic E-state index is 0.00524. The Hall–Kier alpha value is -1.56. The molecule has 0 saturated heterocycles. The lowest BCUT2D eigenvalue weighted by Crippen LogP contribution is -2.27. The highest BCUT2D eigenvalue weighted by Crippen LogP contribution is 2.23. The maximum atomic E-state index is 12.1. The van der Waals surface area contributed by atoms with Crippen molar-refractivity contribution < 1.29 is 8.42 Å². The highest BCUT2D eigenvalue weighted by molar-refractivity contribution is 7.92. The van der Waals surface area contributed by atoms with Gasteiger partial charge in [0.2, 0.25) is 10.0 Å². The summed E-state index contributed by atoms with van der Waals surface area (Å²) < 4.78 is 26.7. The fourth-order valence-corrected chi connectivity index (χ4v) is 3.60. The molecular formula is C13H21N3O2S. The van der Waals surface area contributed by atoms with Crippen molar-refractivity contribution in [3.63, 3.8) is 0 Å². The number of sulfonamides is 1. The van der Waals surface area contributed by atoms with Crippen LogP contribution in [0.5, 0.6) is 0 Å². The Morgan fingerprint density at radius 3 is 2.42 bits per heavy atom. The van der Waals surface area contributed by atoms with E-state index >= 15 is 0 Å². The Morgan fingerprint density at radius 2 is 1.95 bits per heavy atom. The number of amidine groups is 1. The maximum Gasteiger partial charge on any atom is 0.233 e. The van der Waals surface area contributed by atoms with Crippen LogP contribution < -0.4 is 10.5 Å². The highest BCUT2D eigenvalue weighted by Gasteiger charge is 2.23. The number of nitrogens with two attached hydrogens (primary N) is 1. The van der Waals surface area contributed by atoms with Crippen LogP contribution in [0.1, 0.15) is 31.9 Å². The van der Waals surface area contributed by atoms with Crippen molar-refractivity contribution in [1.82, 2.24) is 0 Å². The molecule has 6 heteroatoms. The molecule has 0 unspecified atom stereocenters. The molecule has 1 aromatic rings. The summed E-state index contributed by atoms with van der Waals surface area (Å²) in [6.07, 6.45) is 0. The third kappa shape index (κ3) is 4.55. The molecule has 0 spiro atoms. The van der Waals surface area contributed by atoms with Crippen molar-refractivity contribution in [3.05, 3.63) is 29.3 Å². The number of anilines is 1. The summed E-state index contributed by atoms with van der Waals surface area (Å²) >= 11 is 0. The summed E-state index contributed by atoms with van der Waals surface area (Å²) in [6, 6.07) is 5.14. The first-order valence-corrected chi connectivity index (χ1v) is 7.61. The number of nitrogen functional groups attached to an aromatic ring is 1. The van der Waals surface area contributed by atoms with Crippen molar-refractivity contribution in [3.8, 4) is 0 Å². The number of hydrogen-bond acceptors (Lipinski definition) is 3. The second kappa shape index (κ2) is 5.21. The van der Waals surface area contributed by atoms with Crippen molar-refractivity contribution in [2.45, 2.75) is 27.7 Å². The van der Waals surface area contributed by atoms with Gasteiger partial charge in [0.1, 0.15) is 5.84 Å². The molecule has 0 radical (unpaired) electrons. The van der Waals surface area contributed by atoms with E-state index in [1.54, 1.807) is 25.1 Å². The molecule has 0 aliphatic heterocycles. The van der Waals surface area contributed by atoms with E-state index in [4.69, 9.17) is 11.1 Å². The molecule has 0 heterocycles. The van der Waals surface area contributed by atoms with Gasteiger partial charge >= 0.3 is 0 Å². The van der Waals surface area contributed by atoms with Gasteiger partial charge in [0.15, 0.2) is 0 Å². The first-order chi connectivity index (χ1) is 8.52. The molecule has 0 saturated carbocycles. The van der Waals surface area contributed by atoms with Crippen LogP contribution in [0.3, 0.4) is 0 Å². The molecule has 0 bridgehead atoms. The summed E-state index contributed by atoms with van der Waals surface area (Å²) in [4.78, 5) is 0. The van der Waals surface area contributed by atoms with Crippen molar-refractivity contribution in [2.24, 2.45) is 11.1 Å². The predicted octanol–water partition coefficient (Wildman–Crippen LogP) is 2.07. The van der Waals surface area contributed by atoms with E-state index in [9.17, 15) is 8.42 Å². The van der Waals surface area contributed by atoms with Gasteiger partial charge in [-0.05, 0) is 24.0 Å². The number of hydrogen-bond donors (Lipinski definition) is 3. The minimum Gasteiger partial charge on any atom is -0.384 e. The van der Waals surface area contributed by atoms with Gasteiger partial charge in [-0.25, -0.2) is 8.42 Å². The van der Waals surface area contributed by atoms with Crippen molar-refractivity contribution in [2.75, 3.05) is 10.5 Å². The van der Waals surface area contributed by atoms with Gasteiger partial charge in [-0.1, -0.05) is 32.9 Å². The first-order valence-electron chi connectivity index (χ1n) is 5.96. The number of benzene rings is 1. The summed E-state index contributed by atoms with van der Waals surface area (Å²) in [5.74, 6) is -0.141. The normalized spacial score (nSPS) is 12.2. The summed E-state index contributed by atoms with van der Waals surface area (Å²) in [6.45, 7) is 7.36. The number of nitrogens with one attached hydrogen (secondary N) is 2. The molecule has 0 aromatic heterocycles. The number of rotatable bonds is 4. The van der Waals surface area contributed by atoms with E-state index in [0.717, 1.165) is 5.56 Å². The maximum absolute atomic E-state index is 12.1. The van der Waals surface area contributed by atoms with Crippen LogP contribution in [0, 0.1) is 17.7 Å². The molecule has 0 aliphatic rings. The monoisotopic (exact) mass is 283 g/mol. The van der Waals surface area contributed by atoms with E-state index in [1.807, 2.05) is 20.8 Å². The van der Waals surface area contributed by atoms with Crippen molar-refractivity contribution >= 4 is 21.5 Å². The van der Waals surface area contributed by atoms with E-state index < -0.39 is 10.0 Å². The average molecular weight is 283 g/mol. The van der Waals surface area contributed by atoms with Crippen LogP contribution in [0.4, 0.5) is 5.69 Å². The summed E-state index contributed by atoms with van der Waals surface area (Å²) in [5.41, 5.74) is 6.72. The van der Waals surface area contributed by atoms with Gasteiger partial charge in [-0.3, -0.25) is 10.1 Å². The minimum atomic E-state index is -3.47. The summed E-state index contributed by atoms with van der Waals surface area (Å²) in [7, 11) is -3.47. The van der Waals surface area contributed by atoms with E-state index in [1.165, 1.54) is 0 Å². The Labute approximate surface area is 114 Å². The predicted molar refractivity (Wildman–Crippen MR) is 79.1 cm³/mol. The van der Waals surface area contributed by atoms with E-state index in [0.29, 0.717) is 11.3 Å². The molecule has 0 fully saturated rings. The Balaban J connectivity index is 3.14. The van der Waals surface area contributed by atoms with Crippen LogP contribution in [0.2, 0.25) is 0 Å². The second-order valence-corrected chi connectivity index (χ2v) is 7.56. The molecular weight excluding hydrogens is 262 g/mol. The molecule has 1 aromatic carbocycles. The molecule has 1 rings (SSSR count). The van der Waals surface area contributed by atoms with Gasteiger partial charge in [-0.15, -0.1) is 0 Å². The quantitative estimate of drug-likeness (QED) is 0.583. The Morgan fingerprint density at radius 1 is 1.37 bits per heavy atom. The van der Waals surface area contributed by atoms with Gasteiger partial charge in [0.05, 0.1) is 11.4 Å². The zero-order valence-electron chi connectivity index (χ0n) is 11.7. The third-order valence-electron chi connectivity index (χ3n) is 2.43. The van der Waals surface area contributed by atoms with Gasteiger partial charge in [0.25, 0.3) is 0 Å². The van der Waals surface area contributed by atoms with Gasteiger partial charge in [-0.2, -0.15) is 0 Å². The molecule has 106 valence electrons. The zero-order chi connectivity index (χ0) is 14.8. The molecule has 0 aliphatic carbocycles. The van der Waals surface area contributed by atoms with Crippen molar-refractivity contribution in [1.29, 1.82) is 5.41 Å². The smallest absolute Gasteiger partial charge is 0.233 e. The Kier molecular flexibility index (Phi) is 4.25. The average Bonchev–Trinajstić information content (AvgIpc) is 2.11. The fraction of sp³-hybridized carbons (Fsp3) is 0.462. The highest BCUT2D eigenvalue weighted by atomic mass is 32.2. The molecule has 0 atom stereocenters. The van der Waals surface area contributed by atoms with Crippen LogP contribution in [-0.2, 0) is 10.0 Å². The van der Waals surface area contributed by atoms with Crippen LogP contribution in [0.15, 0.2) is 18.2 Å². The zero-order valence-corrected chi connectivity index (χ0v) is 12.6. The largest absolute Gasteiger partial charge is 0.384 e. The van der Waals surface area contributed by atoms with Gasteiger partial charge in [0, 0.05) is 5.56 Å². The Bertz CT molecular complexity index is 586. The van der Waals surface area contributed by atoms with E-state index in [2.05, 4.69) is 4.72 Å². The summed E-state index contributed by atoms with van der Waals surface area (Å²) in [5, 5.41) is 7.55. The lowest BCUT2D eigenvalue weighted by Gasteiger charge is -2.20. The van der Waals surface area contributed by atoms with Crippen LogP contribution in [0.25, 0.3) is 0 Å². The van der Waals surface area contributed by atoms with Gasteiger partial charge < -0.3 is 5.73 Å². The second-order valence-electron chi connectivity index (χ2n) is 5.83. The molecule has 19 heavy (non-hydrogen) atoms. The molecule has 5 nitrogen and oxygen atoms in total. The molecule has 0 amide bonds. The fourth-order valence-electron chi connectivity index (χ4n) is 1.88. The van der Waals surface area contributed by atoms with Crippen LogP contribution in [-0.4, -0.2) is 20.0 Å². The standard InChI is InChI=1S/C13H21N3O2S/c1-9-6-5-7-10(11(9)12(14)15)16-19(17,18)8-13(2,3)4/h5-7,16H,8H2,1-4H3,(H3,14,15). The number of aryl methyl sites for hydroxylation is 1. The molecule has 4 N–H and O–H groups in total. The van der Waals surface area contributed by atoms with E-state index in [-0.39, 0.29) is 17.0 Å². The van der Waals surface area contributed by atoms with Crippen LogP contribution >= 0.6 is 0 Å². The lowest BCUT2D eigenvalue weighted by atomic mass is 10.0. The first kappa shape index (κ1) is 15.5.